The predicted molar refractivity (Wildman–Crippen MR) is 68.6 cm³/mol. The summed E-state index contributed by atoms with van der Waals surface area (Å²) in [5.74, 6) is 0.748. The third-order valence-corrected chi connectivity index (χ3v) is 3.50. The number of nitrogens with two attached hydrogens (primary N) is 1. The zero-order chi connectivity index (χ0) is 13.2. The molecule has 0 spiro atoms. The average Bonchev–Trinajstić information content (AvgIpc) is 2.29. The Bertz CT molecular complexity index is 459. The topological polar surface area (TPSA) is 64.3 Å². The van der Waals surface area contributed by atoms with Gasteiger partial charge in [-0.05, 0) is 37.5 Å². The van der Waals surface area contributed by atoms with E-state index in [9.17, 15) is 4.79 Å². The molecular formula is C12H17ClN2O2. The van der Waals surface area contributed by atoms with E-state index in [0.29, 0.717) is 11.6 Å². The highest BCUT2D eigenvalue weighted by Crippen LogP contribution is 2.35. The Balaban J connectivity index is 3.31. The van der Waals surface area contributed by atoms with Crippen LogP contribution in [0.15, 0.2) is 0 Å². The number of primary amides is 1. The number of rotatable bonds is 3. The Morgan fingerprint density at radius 1 is 1.29 bits per heavy atom. The Morgan fingerprint density at radius 3 is 2.35 bits per heavy atom. The molecule has 0 aromatic heterocycles. The maximum Gasteiger partial charge on any atom is 0.312 e. The van der Waals surface area contributed by atoms with Crippen molar-refractivity contribution in [2.45, 2.75) is 27.3 Å². The first-order valence-electron chi connectivity index (χ1n) is 5.25. The van der Waals surface area contributed by atoms with Gasteiger partial charge in [0.1, 0.15) is 5.75 Å². The summed E-state index contributed by atoms with van der Waals surface area (Å²) in [5, 5.41) is 3.25. The van der Waals surface area contributed by atoms with E-state index < -0.39 is 6.03 Å². The van der Waals surface area contributed by atoms with Gasteiger partial charge >= 0.3 is 6.03 Å². The maximum atomic E-state index is 10.8. The Labute approximate surface area is 106 Å². The van der Waals surface area contributed by atoms with Crippen molar-refractivity contribution >= 4 is 17.6 Å². The molecule has 1 aromatic carbocycles. The van der Waals surface area contributed by atoms with Crippen LogP contribution in [0.5, 0.6) is 5.75 Å². The maximum absolute atomic E-state index is 10.8. The van der Waals surface area contributed by atoms with E-state index in [4.69, 9.17) is 22.1 Å². The van der Waals surface area contributed by atoms with E-state index >= 15 is 0 Å². The van der Waals surface area contributed by atoms with Gasteiger partial charge in [-0.3, -0.25) is 0 Å². The van der Waals surface area contributed by atoms with Crippen LogP contribution in [0.25, 0.3) is 0 Å². The first-order chi connectivity index (χ1) is 7.90. The van der Waals surface area contributed by atoms with Gasteiger partial charge in [0.15, 0.2) is 0 Å². The van der Waals surface area contributed by atoms with Crippen molar-refractivity contribution < 1.29 is 9.53 Å². The molecule has 1 rings (SSSR count). The number of halogens is 1. The van der Waals surface area contributed by atoms with Crippen LogP contribution in [-0.2, 0) is 6.54 Å². The van der Waals surface area contributed by atoms with Gasteiger partial charge in [0.25, 0.3) is 0 Å². The SMILES string of the molecule is COc1c(C)c(C)c(Cl)c(C)c1CNC(N)=O. The average molecular weight is 257 g/mol. The quantitative estimate of drug-likeness (QED) is 0.872. The number of methoxy groups -OCH3 is 1. The minimum Gasteiger partial charge on any atom is -0.496 e. The summed E-state index contributed by atoms with van der Waals surface area (Å²) in [6.07, 6.45) is 0. The molecule has 0 heterocycles. The summed E-state index contributed by atoms with van der Waals surface area (Å²) < 4.78 is 5.37. The highest BCUT2D eigenvalue weighted by molar-refractivity contribution is 6.32. The van der Waals surface area contributed by atoms with Crippen LogP contribution in [0.4, 0.5) is 4.79 Å². The largest absolute Gasteiger partial charge is 0.496 e. The molecule has 0 fully saturated rings. The molecule has 0 aliphatic heterocycles. The van der Waals surface area contributed by atoms with E-state index in [-0.39, 0.29) is 0 Å². The fraction of sp³-hybridized carbons (Fsp3) is 0.417. The Morgan fingerprint density at radius 2 is 1.88 bits per heavy atom. The van der Waals surface area contributed by atoms with Crippen LogP contribution >= 0.6 is 11.6 Å². The summed E-state index contributed by atoms with van der Waals surface area (Å²) in [4.78, 5) is 10.8. The standard InChI is InChI=1S/C12H17ClN2O2/c1-6-7(2)11(17-4)9(5-15-12(14)16)8(3)10(6)13/h5H2,1-4H3,(H3,14,15,16). The summed E-state index contributed by atoms with van der Waals surface area (Å²) in [6, 6.07) is -0.569. The minimum atomic E-state index is -0.569. The second-order valence-corrected chi connectivity index (χ2v) is 4.30. The molecule has 0 aliphatic carbocycles. The van der Waals surface area contributed by atoms with Gasteiger partial charge in [-0.2, -0.15) is 0 Å². The lowest BCUT2D eigenvalue weighted by atomic mass is 9.98. The molecule has 5 heteroatoms. The molecule has 1 aromatic rings. The highest BCUT2D eigenvalue weighted by Gasteiger charge is 2.16. The van der Waals surface area contributed by atoms with E-state index in [1.165, 1.54) is 0 Å². The lowest BCUT2D eigenvalue weighted by Crippen LogP contribution is -2.29. The number of benzene rings is 1. The predicted octanol–water partition coefficient (Wildman–Crippen LogP) is 2.44. The fourth-order valence-corrected chi connectivity index (χ4v) is 2.07. The van der Waals surface area contributed by atoms with Crippen LogP contribution in [0.1, 0.15) is 22.3 Å². The highest BCUT2D eigenvalue weighted by atomic mass is 35.5. The van der Waals surface area contributed by atoms with Gasteiger partial charge < -0.3 is 15.8 Å². The molecule has 0 radical (unpaired) electrons. The second kappa shape index (κ2) is 5.27. The number of carbonyl (C=O) groups is 1. The second-order valence-electron chi connectivity index (χ2n) is 3.92. The van der Waals surface area contributed by atoms with Crippen LogP contribution < -0.4 is 15.8 Å². The van der Waals surface area contributed by atoms with Crippen LogP contribution in [0, 0.1) is 20.8 Å². The number of urea groups is 1. The van der Waals surface area contributed by atoms with Crippen molar-refractivity contribution in [3.05, 3.63) is 27.3 Å². The first-order valence-corrected chi connectivity index (χ1v) is 5.63. The normalized spacial score (nSPS) is 10.2. The van der Waals surface area contributed by atoms with Gasteiger partial charge in [-0.25, -0.2) is 4.79 Å². The molecule has 17 heavy (non-hydrogen) atoms. The molecule has 0 unspecified atom stereocenters. The summed E-state index contributed by atoms with van der Waals surface area (Å²) in [6.45, 7) is 6.09. The fourth-order valence-electron chi connectivity index (χ4n) is 1.81. The molecule has 94 valence electrons. The molecule has 0 saturated heterocycles. The number of ether oxygens (including phenoxy) is 1. The van der Waals surface area contributed by atoms with Gasteiger partial charge in [0.05, 0.1) is 7.11 Å². The van der Waals surface area contributed by atoms with Gasteiger partial charge in [-0.15, -0.1) is 0 Å². The smallest absolute Gasteiger partial charge is 0.312 e. The summed E-state index contributed by atoms with van der Waals surface area (Å²) in [7, 11) is 1.60. The molecule has 0 saturated carbocycles. The van der Waals surface area contributed by atoms with E-state index in [1.807, 2.05) is 20.8 Å². The van der Waals surface area contributed by atoms with Crippen LogP contribution in [0.2, 0.25) is 5.02 Å². The zero-order valence-corrected chi connectivity index (χ0v) is 11.2. The first kappa shape index (κ1) is 13.6. The molecule has 4 nitrogen and oxygen atoms in total. The van der Waals surface area contributed by atoms with Crippen LogP contribution in [-0.4, -0.2) is 13.1 Å². The Hall–Kier alpha value is -1.42. The number of amides is 2. The molecule has 2 amide bonds. The van der Waals surface area contributed by atoms with Gasteiger partial charge in [0, 0.05) is 17.1 Å². The lowest BCUT2D eigenvalue weighted by molar-refractivity contribution is 0.248. The third kappa shape index (κ3) is 2.64. The van der Waals surface area contributed by atoms with E-state index in [2.05, 4.69) is 5.32 Å². The monoisotopic (exact) mass is 256 g/mol. The third-order valence-electron chi connectivity index (χ3n) is 2.93. The molecule has 0 atom stereocenters. The summed E-state index contributed by atoms with van der Waals surface area (Å²) in [5.41, 5.74) is 8.79. The number of hydrogen-bond acceptors (Lipinski definition) is 2. The number of nitrogens with one attached hydrogen (secondary N) is 1. The van der Waals surface area contributed by atoms with Crippen molar-refractivity contribution in [3.8, 4) is 5.75 Å². The number of carbonyl (C=O) groups excluding carboxylic acids is 1. The van der Waals surface area contributed by atoms with Crippen molar-refractivity contribution in [3.63, 3.8) is 0 Å². The van der Waals surface area contributed by atoms with Crippen molar-refractivity contribution in [1.82, 2.24) is 5.32 Å². The Kier molecular flexibility index (Phi) is 4.23. The van der Waals surface area contributed by atoms with E-state index in [1.54, 1.807) is 7.11 Å². The lowest BCUT2D eigenvalue weighted by Gasteiger charge is -2.18. The zero-order valence-electron chi connectivity index (χ0n) is 10.5. The van der Waals surface area contributed by atoms with Gasteiger partial charge in [0.2, 0.25) is 0 Å². The minimum absolute atomic E-state index is 0.311. The van der Waals surface area contributed by atoms with E-state index in [0.717, 1.165) is 28.0 Å². The summed E-state index contributed by atoms with van der Waals surface area (Å²) >= 11 is 6.23. The molecular weight excluding hydrogens is 240 g/mol. The van der Waals surface area contributed by atoms with Gasteiger partial charge in [-0.1, -0.05) is 11.6 Å². The number of hydrogen-bond donors (Lipinski definition) is 2. The molecule has 0 bridgehead atoms. The van der Waals surface area contributed by atoms with Crippen molar-refractivity contribution in [1.29, 1.82) is 0 Å². The van der Waals surface area contributed by atoms with Crippen molar-refractivity contribution in [2.75, 3.05) is 7.11 Å². The molecule has 0 aliphatic rings. The molecule has 3 N–H and O–H groups in total. The van der Waals surface area contributed by atoms with Crippen LogP contribution in [0.3, 0.4) is 0 Å². The van der Waals surface area contributed by atoms with Crippen molar-refractivity contribution in [2.24, 2.45) is 5.73 Å².